The van der Waals surface area contributed by atoms with Crippen LogP contribution in [0.5, 0.6) is 5.75 Å². The van der Waals surface area contributed by atoms with E-state index in [1.165, 1.54) is 10.6 Å². The van der Waals surface area contributed by atoms with Crippen molar-refractivity contribution in [3.63, 3.8) is 0 Å². The Bertz CT molecular complexity index is 844. The van der Waals surface area contributed by atoms with Crippen molar-refractivity contribution >= 4 is 17.1 Å². The number of nitrogens with one attached hydrogen (secondary N) is 1. The molecule has 1 amide bonds. The lowest BCUT2D eigenvalue weighted by molar-refractivity contribution is 0.168. The maximum Gasteiger partial charge on any atom is 0.404 e. The van der Waals surface area contributed by atoms with Gasteiger partial charge in [-0.3, -0.25) is 9.78 Å². The Kier molecular flexibility index (Phi) is 4.87. The Hall–Kier alpha value is -2.64. The molecule has 0 saturated heterocycles. The Morgan fingerprint density at radius 2 is 2.12 bits per heavy atom. The van der Waals surface area contributed by atoms with Crippen LogP contribution in [0.25, 0.3) is 11.0 Å². The van der Waals surface area contributed by atoms with Crippen LogP contribution in [0.4, 0.5) is 9.18 Å². The summed E-state index contributed by atoms with van der Waals surface area (Å²) in [6.45, 7) is 0.318. The van der Waals surface area contributed by atoms with Crippen molar-refractivity contribution in [2.24, 2.45) is 13.0 Å². The molecule has 2 aromatic rings. The number of ether oxygens (including phenoxy) is 1. The summed E-state index contributed by atoms with van der Waals surface area (Å²) in [6.07, 6.45) is 3.15. The summed E-state index contributed by atoms with van der Waals surface area (Å²) >= 11 is 0. The number of pyridine rings is 2. The molecule has 0 aromatic carbocycles. The van der Waals surface area contributed by atoms with Crippen LogP contribution in [0.1, 0.15) is 25.7 Å². The number of nitrogens with zero attached hydrogens (tertiary/aromatic N) is 2. The van der Waals surface area contributed by atoms with Crippen LogP contribution >= 0.6 is 0 Å². The highest BCUT2D eigenvalue weighted by Crippen LogP contribution is 2.29. The third-order valence-electron chi connectivity index (χ3n) is 4.68. The van der Waals surface area contributed by atoms with Gasteiger partial charge in [0.15, 0.2) is 11.6 Å². The molecule has 8 heteroatoms. The lowest BCUT2D eigenvalue weighted by Crippen LogP contribution is -2.37. The molecule has 1 aliphatic rings. The minimum Gasteiger partial charge on any atom is -0.488 e. The molecule has 0 bridgehead atoms. The van der Waals surface area contributed by atoms with E-state index in [-0.39, 0.29) is 23.3 Å². The number of halogens is 1. The largest absolute Gasteiger partial charge is 0.488 e. The monoisotopic (exact) mass is 349 g/mol. The molecule has 3 rings (SSSR count). The average Bonchev–Trinajstić information content (AvgIpc) is 2.58. The highest BCUT2D eigenvalue weighted by molar-refractivity contribution is 5.81. The number of aromatic nitrogens is 2. The number of carboxylic acid groups (broad SMARTS) is 1. The number of hydrogen-bond donors (Lipinski definition) is 2. The number of carbonyl (C=O) groups is 1. The van der Waals surface area contributed by atoms with Gasteiger partial charge in [0, 0.05) is 19.2 Å². The molecule has 2 heterocycles. The van der Waals surface area contributed by atoms with Crippen LogP contribution in [-0.4, -0.2) is 33.4 Å². The van der Waals surface area contributed by atoms with Crippen molar-refractivity contribution in [1.29, 1.82) is 0 Å². The number of hydrogen-bond acceptors (Lipinski definition) is 4. The van der Waals surface area contributed by atoms with Crippen LogP contribution in [-0.2, 0) is 7.05 Å². The predicted octanol–water partition coefficient (Wildman–Crippen LogP) is 2.28. The zero-order valence-corrected chi connectivity index (χ0v) is 13.9. The van der Waals surface area contributed by atoms with Crippen molar-refractivity contribution in [2.45, 2.75) is 31.7 Å². The lowest BCUT2D eigenvalue weighted by atomic mass is 9.86. The summed E-state index contributed by atoms with van der Waals surface area (Å²) in [7, 11) is 1.56. The first-order valence-corrected chi connectivity index (χ1v) is 8.22. The summed E-state index contributed by atoms with van der Waals surface area (Å²) < 4.78 is 21.3. The fourth-order valence-corrected chi connectivity index (χ4v) is 3.28. The van der Waals surface area contributed by atoms with E-state index in [2.05, 4.69) is 10.3 Å². The molecule has 1 aliphatic carbocycles. The smallest absolute Gasteiger partial charge is 0.404 e. The van der Waals surface area contributed by atoms with Gasteiger partial charge in [0.05, 0.1) is 18.3 Å². The van der Waals surface area contributed by atoms with Crippen molar-refractivity contribution in [3.8, 4) is 5.75 Å². The second-order valence-electron chi connectivity index (χ2n) is 6.38. The van der Waals surface area contributed by atoms with Gasteiger partial charge in [-0.25, -0.2) is 9.18 Å². The van der Waals surface area contributed by atoms with Crippen molar-refractivity contribution in [3.05, 3.63) is 34.5 Å². The molecule has 2 aromatic heterocycles. The van der Waals surface area contributed by atoms with Gasteiger partial charge in [0.25, 0.3) is 5.56 Å². The van der Waals surface area contributed by atoms with Gasteiger partial charge in [-0.05, 0) is 37.7 Å². The second kappa shape index (κ2) is 7.08. The van der Waals surface area contributed by atoms with Crippen LogP contribution < -0.4 is 15.6 Å². The van der Waals surface area contributed by atoms with Gasteiger partial charge in [0.2, 0.25) is 0 Å². The first-order valence-electron chi connectivity index (χ1n) is 8.22. The number of amides is 1. The first-order chi connectivity index (χ1) is 12.0. The summed E-state index contributed by atoms with van der Waals surface area (Å²) in [5, 5.41) is 11.2. The van der Waals surface area contributed by atoms with Crippen molar-refractivity contribution in [2.75, 3.05) is 6.61 Å². The van der Waals surface area contributed by atoms with Crippen LogP contribution in [0.2, 0.25) is 0 Å². The number of aryl methyl sites for hydroxylation is 1. The maximum atomic E-state index is 14.2. The standard InChI is InChI=1S/C17H20FN3O4/c1-21-14(22)7-6-13-15(21)16(12(18)8-19-13)25-9-10-2-4-11(5-3-10)20-17(23)24/h6-8,10-11,20H,2-5,9H2,1H3,(H,23,24). The van der Waals surface area contributed by atoms with Crippen LogP contribution in [0.3, 0.4) is 0 Å². The minimum absolute atomic E-state index is 0.0342. The highest BCUT2D eigenvalue weighted by Gasteiger charge is 2.23. The van der Waals surface area contributed by atoms with E-state index in [1.807, 2.05) is 0 Å². The van der Waals surface area contributed by atoms with Gasteiger partial charge in [0.1, 0.15) is 5.52 Å². The SMILES string of the molecule is Cn1c(=O)ccc2ncc(F)c(OCC3CCC(NC(=O)O)CC3)c21. The van der Waals surface area contributed by atoms with E-state index in [9.17, 15) is 14.0 Å². The molecule has 2 N–H and O–H groups in total. The van der Waals surface area contributed by atoms with E-state index in [4.69, 9.17) is 9.84 Å². The van der Waals surface area contributed by atoms with Gasteiger partial charge in [-0.2, -0.15) is 0 Å². The van der Waals surface area contributed by atoms with Gasteiger partial charge >= 0.3 is 6.09 Å². The fourth-order valence-electron chi connectivity index (χ4n) is 3.28. The van der Waals surface area contributed by atoms with Gasteiger partial charge in [-0.15, -0.1) is 0 Å². The van der Waals surface area contributed by atoms with E-state index >= 15 is 0 Å². The summed E-state index contributed by atoms with van der Waals surface area (Å²) in [5.41, 5.74) is 0.576. The van der Waals surface area contributed by atoms with Crippen molar-refractivity contribution < 1.29 is 19.0 Å². The molecule has 0 unspecified atom stereocenters. The average molecular weight is 349 g/mol. The highest BCUT2D eigenvalue weighted by atomic mass is 19.1. The van der Waals surface area contributed by atoms with Crippen LogP contribution in [0, 0.1) is 11.7 Å². The first kappa shape index (κ1) is 17.2. The minimum atomic E-state index is -1.01. The molecule has 0 atom stereocenters. The van der Waals surface area contributed by atoms with E-state index < -0.39 is 11.9 Å². The van der Waals surface area contributed by atoms with E-state index in [0.717, 1.165) is 31.9 Å². The molecule has 0 spiro atoms. The topological polar surface area (TPSA) is 93.5 Å². The summed E-state index contributed by atoms with van der Waals surface area (Å²) in [4.78, 5) is 26.5. The maximum absolute atomic E-state index is 14.2. The molecule has 1 fully saturated rings. The van der Waals surface area contributed by atoms with E-state index in [1.54, 1.807) is 13.1 Å². The molecule has 0 aliphatic heterocycles. The third-order valence-corrected chi connectivity index (χ3v) is 4.68. The molecular weight excluding hydrogens is 329 g/mol. The molecule has 25 heavy (non-hydrogen) atoms. The Morgan fingerprint density at radius 1 is 1.40 bits per heavy atom. The second-order valence-corrected chi connectivity index (χ2v) is 6.38. The molecule has 134 valence electrons. The molecule has 1 saturated carbocycles. The Balaban J connectivity index is 1.72. The fraction of sp³-hybridized carbons (Fsp3) is 0.471. The van der Waals surface area contributed by atoms with Gasteiger partial charge < -0.3 is 19.7 Å². The molecule has 7 nitrogen and oxygen atoms in total. The zero-order chi connectivity index (χ0) is 18.0. The van der Waals surface area contributed by atoms with Gasteiger partial charge in [-0.1, -0.05) is 0 Å². The Morgan fingerprint density at radius 3 is 2.80 bits per heavy atom. The number of fused-ring (bicyclic) bond motifs is 1. The number of rotatable bonds is 4. The third kappa shape index (κ3) is 3.72. The zero-order valence-electron chi connectivity index (χ0n) is 13.9. The van der Waals surface area contributed by atoms with Crippen molar-refractivity contribution in [1.82, 2.24) is 14.9 Å². The summed E-state index contributed by atoms with van der Waals surface area (Å²) in [5.74, 6) is -0.346. The predicted molar refractivity (Wildman–Crippen MR) is 89.3 cm³/mol. The lowest BCUT2D eigenvalue weighted by Gasteiger charge is -2.28. The van der Waals surface area contributed by atoms with E-state index in [0.29, 0.717) is 17.6 Å². The quantitative estimate of drug-likeness (QED) is 0.883. The Labute approximate surface area is 143 Å². The summed E-state index contributed by atoms with van der Waals surface area (Å²) in [6, 6.07) is 2.90. The molecular formula is C17H20FN3O4. The van der Waals surface area contributed by atoms with Crippen LogP contribution in [0.15, 0.2) is 23.1 Å². The normalized spacial score (nSPS) is 20.4. The molecule has 0 radical (unpaired) electrons.